The summed E-state index contributed by atoms with van der Waals surface area (Å²) >= 11 is 0. The van der Waals surface area contributed by atoms with Crippen molar-refractivity contribution in [2.75, 3.05) is 0 Å². The minimum Gasteiger partial charge on any atom is -0.107 e. The molecule has 0 N–H and O–H groups in total. The van der Waals surface area contributed by atoms with Crippen LogP contribution in [0.15, 0.2) is 11.6 Å². The van der Waals surface area contributed by atoms with Crippen molar-refractivity contribution in [2.24, 2.45) is 23.7 Å². The molecule has 114 valence electrons. The second-order valence-electron chi connectivity index (χ2n) is 6.88. The van der Waals surface area contributed by atoms with Crippen LogP contribution in [-0.2, 0) is 0 Å². The Morgan fingerprint density at radius 2 is 2.05 bits per heavy atom. The van der Waals surface area contributed by atoms with Crippen LogP contribution in [0.1, 0.15) is 79.6 Å². The summed E-state index contributed by atoms with van der Waals surface area (Å²) in [4.78, 5) is 0. The molecule has 1 fully saturated rings. The molecule has 4 atom stereocenters. The zero-order chi connectivity index (χ0) is 15.0. The lowest BCUT2D eigenvalue weighted by molar-refractivity contribution is 0.445. The summed E-state index contributed by atoms with van der Waals surface area (Å²) in [6.07, 6.45) is 11.6. The maximum Gasteiger partial charge on any atom is 0.00912 e. The van der Waals surface area contributed by atoms with Crippen LogP contribution in [0.2, 0.25) is 0 Å². The van der Waals surface area contributed by atoms with E-state index in [0.717, 1.165) is 30.1 Å². The summed E-state index contributed by atoms with van der Waals surface area (Å²) in [5.74, 6) is 9.86. The molecule has 0 radical (unpaired) electrons. The highest BCUT2D eigenvalue weighted by Gasteiger charge is 2.33. The lowest BCUT2D eigenvalue weighted by Crippen LogP contribution is -2.00. The van der Waals surface area contributed by atoms with Crippen molar-refractivity contribution in [1.82, 2.24) is 0 Å². The van der Waals surface area contributed by atoms with E-state index in [9.17, 15) is 0 Å². The molecule has 4 unspecified atom stereocenters. The second kappa shape index (κ2) is 9.28. The summed E-state index contributed by atoms with van der Waals surface area (Å²) in [6.45, 7) is 11.4. The number of allylic oxidation sites excluding steroid dienone is 2. The van der Waals surface area contributed by atoms with Crippen LogP contribution in [0, 0.1) is 35.5 Å². The number of hydrogen-bond donors (Lipinski definition) is 0. The third kappa shape index (κ3) is 6.65. The van der Waals surface area contributed by atoms with Crippen LogP contribution < -0.4 is 0 Å². The monoisotopic (exact) mass is 274 g/mol. The van der Waals surface area contributed by atoms with E-state index in [1.807, 2.05) is 6.92 Å². The van der Waals surface area contributed by atoms with Crippen LogP contribution in [0.3, 0.4) is 0 Å². The molecule has 1 aliphatic carbocycles. The first-order valence-corrected chi connectivity index (χ1v) is 8.64. The maximum atomic E-state index is 3.20. The van der Waals surface area contributed by atoms with E-state index in [1.165, 1.54) is 38.5 Å². The Bertz CT molecular complexity index is 352. The second-order valence-corrected chi connectivity index (χ2v) is 6.88. The van der Waals surface area contributed by atoms with Gasteiger partial charge in [0.15, 0.2) is 0 Å². The molecule has 0 spiro atoms. The first kappa shape index (κ1) is 17.4. The van der Waals surface area contributed by atoms with Crippen molar-refractivity contribution in [3.05, 3.63) is 11.6 Å². The van der Waals surface area contributed by atoms with Crippen LogP contribution >= 0.6 is 0 Å². The normalized spacial score (nSPS) is 24.8. The van der Waals surface area contributed by atoms with Crippen LogP contribution in [0.4, 0.5) is 0 Å². The van der Waals surface area contributed by atoms with Crippen LogP contribution in [0.25, 0.3) is 0 Å². The number of rotatable bonds is 9. The van der Waals surface area contributed by atoms with Gasteiger partial charge < -0.3 is 0 Å². The van der Waals surface area contributed by atoms with Crippen molar-refractivity contribution >= 4 is 0 Å². The van der Waals surface area contributed by atoms with Gasteiger partial charge in [-0.1, -0.05) is 38.8 Å². The topological polar surface area (TPSA) is 0 Å². The lowest BCUT2D eigenvalue weighted by Gasteiger charge is -2.14. The van der Waals surface area contributed by atoms with Crippen molar-refractivity contribution in [1.29, 1.82) is 0 Å². The zero-order valence-corrected chi connectivity index (χ0v) is 14.3. The SMILES string of the molecule is CC#CCCC(CC)CCC=C(C)C(C)CC1CC1C. The Balaban J connectivity index is 2.23. The zero-order valence-electron chi connectivity index (χ0n) is 14.3. The molecule has 1 saturated carbocycles. The van der Waals surface area contributed by atoms with Gasteiger partial charge in [-0.25, -0.2) is 0 Å². The fourth-order valence-corrected chi connectivity index (χ4v) is 3.07. The van der Waals surface area contributed by atoms with Gasteiger partial charge in [-0.05, 0) is 69.6 Å². The third-order valence-corrected chi connectivity index (χ3v) is 5.18. The standard InChI is InChI=1S/C20H34/c1-6-8-9-12-19(7-2)13-10-11-16(3)17(4)14-20-15-18(20)5/h11,17-20H,7,9-10,12-15H2,1-5H3. The van der Waals surface area contributed by atoms with Gasteiger partial charge in [0, 0.05) is 6.42 Å². The molecule has 0 aromatic rings. The quantitative estimate of drug-likeness (QED) is 0.345. The smallest absolute Gasteiger partial charge is 0.00912 e. The maximum absolute atomic E-state index is 3.20. The predicted molar refractivity (Wildman–Crippen MR) is 90.5 cm³/mol. The molecule has 0 amide bonds. The minimum absolute atomic E-state index is 0.788. The molecule has 1 rings (SSSR count). The van der Waals surface area contributed by atoms with E-state index in [4.69, 9.17) is 0 Å². The Kier molecular flexibility index (Phi) is 8.05. The third-order valence-electron chi connectivity index (χ3n) is 5.18. The largest absolute Gasteiger partial charge is 0.107 e. The fourth-order valence-electron chi connectivity index (χ4n) is 3.07. The average molecular weight is 274 g/mol. The lowest BCUT2D eigenvalue weighted by atomic mass is 9.91. The predicted octanol–water partition coefficient (Wildman–Crippen LogP) is 6.22. The molecule has 20 heavy (non-hydrogen) atoms. The highest BCUT2D eigenvalue weighted by atomic mass is 14.4. The van der Waals surface area contributed by atoms with Crippen LogP contribution in [-0.4, -0.2) is 0 Å². The Hall–Kier alpha value is -0.700. The summed E-state index contributed by atoms with van der Waals surface area (Å²) in [5.41, 5.74) is 1.62. The molecule has 0 aliphatic heterocycles. The molecular formula is C20H34. The van der Waals surface area contributed by atoms with Gasteiger partial charge in [-0.3, -0.25) is 0 Å². The molecule has 0 saturated heterocycles. The molecule has 0 aromatic carbocycles. The minimum atomic E-state index is 0.788. The van der Waals surface area contributed by atoms with E-state index in [2.05, 4.69) is 45.6 Å². The summed E-state index contributed by atoms with van der Waals surface area (Å²) in [5, 5.41) is 0. The van der Waals surface area contributed by atoms with E-state index in [1.54, 1.807) is 5.57 Å². The van der Waals surface area contributed by atoms with Gasteiger partial charge in [0.25, 0.3) is 0 Å². The first-order valence-electron chi connectivity index (χ1n) is 8.64. The van der Waals surface area contributed by atoms with Gasteiger partial charge in [0.2, 0.25) is 0 Å². The van der Waals surface area contributed by atoms with Crippen molar-refractivity contribution in [3.8, 4) is 11.8 Å². The summed E-state index contributed by atoms with van der Waals surface area (Å²) < 4.78 is 0. The average Bonchev–Trinajstić information content (AvgIpc) is 3.12. The molecule has 0 bridgehead atoms. The summed E-state index contributed by atoms with van der Waals surface area (Å²) in [7, 11) is 0. The van der Waals surface area contributed by atoms with Gasteiger partial charge in [-0.15, -0.1) is 11.8 Å². The fraction of sp³-hybridized carbons (Fsp3) is 0.800. The summed E-state index contributed by atoms with van der Waals surface area (Å²) in [6, 6.07) is 0. The van der Waals surface area contributed by atoms with Gasteiger partial charge in [0.05, 0.1) is 0 Å². The van der Waals surface area contributed by atoms with Gasteiger partial charge in [-0.2, -0.15) is 0 Å². The van der Waals surface area contributed by atoms with E-state index < -0.39 is 0 Å². The van der Waals surface area contributed by atoms with E-state index in [-0.39, 0.29) is 0 Å². The van der Waals surface area contributed by atoms with Crippen molar-refractivity contribution in [3.63, 3.8) is 0 Å². The molecule has 0 nitrogen and oxygen atoms in total. The van der Waals surface area contributed by atoms with E-state index in [0.29, 0.717) is 0 Å². The Labute approximate surface area is 127 Å². The number of hydrogen-bond acceptors (Lipinski definition) is 0. The molecule has 0 heterocycles. The van der Waals surface area contributed by atoms with E-state index >= 15 is 0 Å². The van der Waals surface area contributed by atoms with Gasteiger partial charge in [0.1, 0.15) is 0 Å². The highest BCUT2D eigenvalue weighted by Crippen LogP contribution is 2.43. The highest BCUT2D eigenvalue weighted by molar-refractivity contribution is 5.04. The molecule has 0 heteroatoms. The molecule has 1 aliphatic rings. The molecule has 0 aromatic heterocycles. The Morgan fingerprint density at radius 1 is 1.35 bits per heavy atom. The van der Waals surface area contributed by atoms with Crippen molar-refractivity contribution in [2.45, 2.75) is 79.6 Å². The first-order chi connectivity index (χ1) is 9.58. The Morgan fingerprint density at radius 3 is 2.60 bits per heavy atom. The van der Waals surface area contributed by atoms with Crippen LogP contribution in [0.5, 0.6) is 0 Å². The van der Waals surface area contributed by atoms with Gasteiger partial charge >= 0.3 is 0 Å². The molecular weight excluding hydrogens is 240 g/mol. The van der Waals surface area contributed by atoms with Crippen molar-refractivity contribution < 1.29 is 0 Å².